The quantitative estimate of drug-likeness (QED) is 0.395. The summed E-state index contributed by atoms with van der Waals surface area (Å²) in [5.74, 6) is 2.93. The minimum absolute atomic E-state index is 0.691. The summed E-state index contributed by atoms with van der Waals surface area (Å²) in [6, 6.07) is 8.26. The fourth-order valence-electron chi connectivity index (χ4n) is 2.90. The van der Waals surface area contributed by atoms with Crippen LogP contribution in [0.5, 0.6) is 5.75 Å². The fraction of sp³-hybridized carbons (Fsp3) is 0.524. The van der Waals surface area contributed by atoms with Crippen LogP contribution in [0, 0.1) is 6.92 Å². The number of hydrogen-bond donors (Lipinski definition) is 1. The van der Waals surface area contributed by atoms with E-state index in [1.54, 1.807) is 0 Å². The summed E-state index contributed by atoms with van der Waals surface area (Å²) in [6.07, 6.45) is 6.05. The van der Waals surface area contributed by atoms with Gasteiger partial charge < -0.3 is 19.5 Å². The molecule has 6 nitrogen and oxygen atoms in total. The molecule has 0 atom stereocenters. The number of hydrogen-bond acceptors (Lipinski definition) is 3. The first-order chi connectivity index (χ1) is 13.1. The lowest BCUT2D eigenvalue weighted by Gasteiger charge is -2.22. The second-order valence-electron chi connectivity index (χ2n) is 6.54. The van der Waals surface area contributed by atoms with Gasteiger partial charge in [0.05, 0.1) is 6.61 Å². The van der Waals surface area contributed by atoms with Crippen molar-refractivity contribution in [2.75, 3.05) is 26.7 Å². The highest BCUT2D eigenvalue weighted by Crippen LogP contribution is 2.13. The number of aliphatic imine (C=N–C) groups is 1. The molecule has 0 fully saturated rings. The van der Waals surface area contributed by atoms with Crippen LogP contribution in [0.25, 0.3) is 0 Å². The van der Waals surface area contributed by atoms with Crippen molar-refractivity contribution >= 4 is 5.96 Å². The molecular weight excluding hydrogens is 338 g/mol. The van der Waals surface area contributed by atoms with Crippen molar-refractivity contribution in [2.24, 2.45) is 4.99 Å². The van der Waals surface area contributed by atoms with Crippen LogP contribution >= 0.6 is 0 Å². The Labute approximate surface area is 163 Å². The van der Waals surface area contributed by atoms with Crippen LogP contribution in [0.3, 0.4) is 0 Å². The number of guanidine groups is 1. The molecule has 2 aromatic rings. The van der Waals surface area contributed by atoms with Crippen molar-refractivity contribution in [3.63, 3.8) is 0 Å². The highest BCUT2D eigenvalue weighted by Gasteiger charge is 2.06. The molecule has 1 aromatic heterocycles. The molecule has 0 unspecified atom stereocenters. The zero-order valence-electron chi connectivity index (χ0n) is 17.1. The molecule has 0 amide bonds. The molecule has 0 aliphatic carbocycles. The van der Waals surface area contributed by atoms with E-state index in [1.165, 1.54) is 5.56 Å². The van der Waals surface area contributed by atoms with Gasteiger partial charge in [-0.3, -0.25) is 4.99 Å². The summed E-state index contributed by atoms with van der Waals surface area (Å²) in [7, 11) is 2.08. The largest absolute Gasteiger partial charge is 0.494 e. The number of rotatable bonds is 10. The van der Waals surface area contributed by atoms with E-state index in [4.69, 9.17) is 9.73 Å². The maximum absolute atomic E-state index is 5.51. The van der Waals surface area contributed by atoms with Gasteiger partial charge in [0, 0.05) is 45.6 Å². The van der Waals surface area contributed by atoms with Crippen LogP contribution in [-0.2, 0) is 13.1 Å². The lowest BCUT2D eigenvalue weighted by atomic mass is 10.2. The van der Waals surface area contributed by atoms with Gasteiger partial charge in [0.1, 0.15) is 11.6 Å². The number of nitrogens with zero attached hydrogens (tertiary/aromatic N) is 4. The van der Waals surface area contributed by atoms with Gasteiger partial charge in [0.15, 0.2) is 5.96 Å². The van der Waals surface area contributed by atoms with Gasteiger partial charge in [0.25, 0.3) is 0 Å². The van der Waals surface area contributed by atoms with E-state index in [1.807, 2.05) is 38.4 Å². The molecular formula is C21H33N5O. The zero-order chi connectivity index (χ0) is 19.5. The molecule has 0 bridgehead atoms. The molecule has 148 valence electrons. The van der Waals surface area contributed by atoms with Gasteiger partial charge in [-0.25, -0.2) is 4.98 Å². The Balaban J connectivity index is 1.82. The predicted octanol–water partition coefficient (Wildman–Crippen LogP) is 3.47. The van der Waals surface area contributed by atoms with Gasteiger partial charge in [-0.1, -0.05) is 12.1 Å². The topological polar surface area (TPSA) is 54.7 Å². The Morgan fingerprint density at radius 1 is 1.22 bits per heavy atom. The van der Waals surface area contributed by atoms with Gasteiger partial charge in [-0.05, 0) is 51.3 Å². The molecule has 0 saturated heterocycles. The van der Waals surface area contributed by atoms with Crippen LogP contribution in [0.2, 0.25) is 0 Å². The van der Waals surface area contributed by atoms with E-state index in [-0.39, 0.29) is 0 Å². The molecule has 1 heterocycles. The van der Waals surface area contributed by atoms with Gasteiger partial charge in [0.2, 0.25) is 0 Å². The lowest BCUT2D eigenvalue weighted by Crippen LogP contribution is -2.38. The zero-order valence-corrected chi connectivity index (χ0v) is 17.1. The van der Waals surface area contributed by atoms with Gasteiger partial charge >= 0.3 is 0 Å². The Morgan fingerprint density at radius 2 is 2.00 bits per heavy atom. The summed E-state index contributed by atoms with van der Waals surface area (Å²) in [4.78, 5) is 11.2. The third-order valence-electron chi connectivity index (χ3n) is 4.34. The van der Waals surface area contributed by atoms with Crippen LogP contribution in [0.15, 0.2) is 41.7 Å². The molecule has 2 rings (SSSR count). The monoisotopic (exact) mass is 371 g/mol. The minimum Gasteiger partial charge on any atom is -0.494 e. The van der Waals surface area contributed by atoms with Crippen LogP contribution in [0.1, 0.15) is 38.1 Å². The Bertz CT molecular complexity index is 693. The van der Waals surface area contributed by atoms with E-state index in [0.717, 1.165) is 56.6 Å². The van der Waals surface area contributed by atoms with Crippen molar-refractivity contribution in [1.29, 1.82) is 0 Å². The average molecular weight is 372 g/mol. The van der Waals surface area contributed by atoms with Crippen molar-refractivity contribution in [1.82, 2.24) is 19.8 Å². The smallest absolute Gasteiger partial charge is 0.193 e. The number of unbranched alkanes of at least 4 members (excludes halogenated alkanes) is 1. The van der Waals surface area contributed by atoms with E-state index in [0.29, 0.717) is 6.61 Å². The average Bonchev–Trinajstić information content (AvgIpc) is 3.07. The number of benzene rings is 1. The first kappa shape index (κ1) is 20.8. The first-order valence-electron chi connectivity index (χ1n) is 9.83. The van der Waals surface area contributed by atoms with Crippen LogP contribution in [0.4, 0.5) is 0 Å². The fourth-order valence-corrected chi connectivity index (χ4v) is 2.90. The molecule has 1 N–H and O–H groups in total. The van der Waals surface area contributed by atoms with Crippen molar-refractivity contribution in [2.45, 2.75) is 46.7 Å². The van der Waals surface area contributed by atoms with Gasteiger partial charge in [-0.15, -0.1) is 0 Å². The molecule has 27 heavy (non-hydrogen) atoms. The molecule has 0 aliphatic heterocycles. The molecule has 0 radical (unpaired) electrons. The molecule has 0 aliphatic rings. The van der Waals surface area contributed by atoms with Crippen molar-refractivity contribution in [3.8, 4) is 5.75 Å². The standard InChI is InChI=1S/C21H33N5O/c1-5-22-21(24-13-7-8-15-26-16-14-23-18(26)3)25(4)17-19-9-11-20(12-10-19)27-6-2/h9-12,14,16H,5-8,13,15,17H2,1-4H3,(H,22,24). The van der Waals surface area contributed by atoms with Crippen molar-refractivity contribution < 1.29 is 4.74 Å². The molecule has 6 heteroatoms. The number of ether oxygens (including phenoxy) is 1. The second-order valence-corrected chi connectivity index (χ2v) is 6.54. The SMILES string of the molecule is CCNC(=NCCCCn1ccnc1C)N(C)Cc1ccc(OCC)cc1. The number of aromatic nitrogens is 2. The van der Waals surface area contributed by atoms with E-state index in [2.05, 4.69) is 45.9 Å². The van der Waals surface area contributed by atoms with E-state index in [9.17, 15) is 0 Å². The number of imidazole rings is 1. The maximum atomic E-state index is 5.51. The maximum Gasteiger partial charge on any atom is 0.193 e. The predicted molar refractivity (Wildman–Crippen MR) is 111 cm³/mol. The summed E-state index contributed by atoms with van der Waals surface area (Å²) in [6.45, 7) is 10.3. The van der Waals surface area contributed by atoms with Crippen LogP contribution in [-0.4, -0.2) is 47.2 Å². The highest BCUT2D eigenvalue weighted by molar-refractivity contribution is 5.79. The highest BCUT2D eigenvalue weighted by atomic mass is 16.5. The lowest BCUT2D eigenvalue weighted by molar-refractivity contribution is 0.340. The van der Waals surface area contributed by atoms with E-state index >= 15 is 0 Å². The number of nitrogens with one attached hydrogen (secondary N) is 1. The molecule has 0 spiro atoms. The van der Waals surface area contributed by atoms with Gasteiger partial charge in [-0.2, -0.15) is 0 Å². The Morgan fingerprint density at radius 3 is 2.63 bits per heavy atom. The summed E-state index contributed by atoms with van der Waals surface area (Å²) >= 11 is 0. The second kappa shape index (κ2) is 11.3. The van der Waals surface area contributed by atoms with Crippen molar-refractivity contribution in [3.05, 3.63) is 48.0 Å². The minimum atomic E-state index is 0.691. The summed E-state index contributed by atoms with van der Waals surface area (Å²) in [5, 5.41) is 3.38. The normalized spacial score (nSPS) is 11.5. The Kier molecular flexibility index (Phi) is 8.68. The third kappa shape index (κ3) is 6.96. The first-order valence-corrected chi connectivity index (χ1v) is 9.83. The molecule has 0 saturated carbocycles. The third-order valence-corrected chi connectivity index (χ3v) is 4.34. The number of aryl methyl sites for hydroxylation is 2. The Hall–Kier alpha value is -2.50. The van der Waals surface area contributed by atoms with E-state index < -0.39 is 0 Å². The summed E-state index contributed by atoms with van der Waals surface area (Å²) < 4.78 is 7.69. The van der Waals surface area contributed by atoms with Crippen LogP contribution < -0.4 is 10.1 Å². The summed E-state index contributed by atoms with van der Waals surface area (Å²) in [5.41, 5.74) is 1.24. The molecule has 1 aromatic carbocycles.